The minimum Gasteiger partial charge on any atom is -0.477 e. The van der Waals surface area contributed by atoms with Gasteiger partial charge in [-0.25, -0.2) is 4.98 Å². The third-order valence-electron chi connectivity index (χ3n) is 3.28. The Morgan fingerprint density at radius 1 is 1.39 bits per heavy atom. The van der Waals surface area contributed by atoms with Crippen LogP contribution < -0.4 is 10.1 Å². The molecule has 1 amide bonds. The lowest BCUT2D eigenvalue weighted by atomic mass is 10.0. The van der Waals surface area contributed by atoms with Gasteiger partial charge in [-0.3, -0.25) is 4.79 Å². The summed E-state index contributed by atoms with van der Waals surface area (Å²) in [5, 5.41) is 12.4. The minimum atomic E-state index is -0.301. The summed E-state index contributed by atoms with van der Waals surface area (Å²) in [7, 11) is 0. The van der Waals surface area contributed by atoms with E-state index in [1.165, 1.54) is 12.3 Å². The zero-order chi connectivity index (χ0) is 16.7. The van der Waals surface area contributed by atoms with Gasteiger partial charge in [-0.15, -0.1) is 0 Å². The van der Waals surface area contributed by atoms with Crippen molar-refractivity contribution >= 4 is 17.5 Å². The van der Waals surface area contributed by atoms with E-state index in [0.717, 1.165) is 5.56 Å². The molecule has 5 nitrogen and oxygen atoms in total. The van der Waals surface area contributed by atoms with Crippen LogP contribution in [-0.4, -0.2) is 29.2 Å². The number of benzene rings is 1. The van der Waals surface area contributed by atoms with Crippen LogP contribution in [0.25, 0.3) is 0 Å². The molecule has 2 rings (SSSR count). The lowest BCUT2D eigenvalue weighted by Crippen LogP contribution is -2.29. The molecule has 0 aliphatic carbocycles. The molecule has 0 saturated heterocycles. The molecule has 2 aromatic rings. The van der Waals surface area contributed by atoms with Gasteiger partial charge in [0.15, 0.2) is 0 Å². The maximum absolute atomic E-state index is 12.4. The zero-order valence-electron chi connectivity index (χ0n) is 12.8. The Morgan fingerprint density at radius 2 is 2.13 bits per heavy atom. The molecule has 23 heavy (non-hydrogen) atoms. The Bertz CT molecular complexity index is 650. The molecule has 1 heterocycles. The Hall–Kier alpha value is -2.11. The zero-order valence-corrected chi connectivity index (χ0v) is 13.6. The molecule has 122 valence electrons. The van der Waals surface area contributed by atoms with Crippen molar-refractivity contribution in [3.63, 3.8) is 0 Å². The summed E-state index contributed by atoms with van der Waals surface area (Å²) in [5.74, 6) is 0.00503. The minimum absolute atomic E-state index is 0.0257. The number of amides is 1. The maximum atomic E-state index is 12.4. The van der Waals surface area contributed by atoms with Crippen molar-refractivity contribution in [1.29, 1.82) is 0 Å². The van der Waals surface area contributed by atoms with Crippen molar-refractivity contribution in [2.24, 2.45) is 0 Å². The van der Waals surface area contributed by atoms with Gasteiger partial charge in [0.2, 0.25) is 5.88 Å². The van der Waals surface area contributed by atoms with E-state index in [-0.39, 0.29) is 23.6 Å². The number of nitrogens with one attached hydrogen (secondary N) is 1. The largest absolute Gasteiger partial charge is 0.477 e. The number of pyridine rings is 1. The van der Waals surface area contributed by atoms with Crippen LogP contribution in [-0.2, 0) is 0 Å². The predicted octanol–water partition coefficient (Wildman–Crippen LogP) is 2.99. The van der Waals surface area contributed by atoms with Crippen LogP contribution in [0.2, 0.25) is 5.02 Å². The molecular formula is C17H19ClN2O3. The van der Waals surface area contributed by atoms with E-state index < -0.39 is 0 Å². The number of aliphatic hydroxyl groups excluding tert-OH is 1. The molecule has 0 saturated carbocycles. The maximum Gasteiger partial charge on any atom is 0.253 e. The number of carbonyl (C=O) groups is 1. The lowest BCUT2D eigenvalue weighted by Gasteiger charge is -2.18. The first kappa shape index (κ1) is 17.2. The van der Waals surface area contributed by atoms with Gasteiger partial charge in [0.25, 0.3) is 5.91 Å². The van der Waals surface area contributed by atoms with Crippen LogP contribution >= 0.6 is 11.6 Å². The molecule has 1 aromatic heterocycles. The van der Waals surface area contributed by atoms with Crippen LogP contribution in [0, 0.1) is 0 Å². The van der Waals surface area contributed by atoms with Crippen molar-refractivity contribution in [2.75, 3.05) is 13.2 Å². The molecule has 0 bridgehead atoms. The SMILES string of the molecule is CCOc1ncc(C(=O)NC(CCO)c2ccccc2)cc1Cl. The monoisotopic (exact) mass is 334 g/mol. The van der Waals surface area contributed by atoms with Crippen molar-refractivity contribution < 1.29 is 14.6 Å². The summed E-state index contributed by atoms with van der Waals surface area (Å²) in [6.07, 6.45) is 1.85. The second kappa shape index (κ2) is 8.50. The van der Waals surface area contributed by atoms with Crippen molar-refractivity contribution in [3.8, 4) is 5.88 Å². The van der Waals surface area contributed by atoms with E-state index in [4.69, 9.17) is 16.3 Å². The highest BCUT2D eigenvalue weighted by atomic mass is 35.5. The quantitative estimate of drug-likeness (QED) is 0.816. The average Bonchev–Trinajstić information content (AvgIpc) is 2.57. The van der Waals surface area contributed by atoms with E-state index in [1.807, 2.05) is 37.3 Å². The molecule has 6 heteroatoms. The number of aliphatic hydroxyl groups is 1. The van der Waals surface area contributed by atoms with Gasteiger partial charge in [0.1, 0.15) is 5.02 Å². The van der Waals surface area contributed by atoms with Gasteiger partial charge in [-0.1, -0.05) is 41.9 Å². The normalized spacial score (nSPS) is 11.8. The van der Waals surface area contributed by atoms with Gasteiger partial charge >= 0.3 is 0 Å². The molecule has 0 radical (unpaired) electrons. The third kappa shape index (κ3) is 4.68. The summed E-state index contributed by atoms with van der Waals surface area (Å²) in [6.45, 7) is 2.25. The van der Waals surface area contributed by atoms with Crippen LogP contribution in [0.5, 0.6) is 5.88 Å². The number of carbonyl (C=O) groups excluding carboxylic acids is 1. The molecule has 2 N–H and O–H groups in total. The topological polar surface area (TPSA) is 71.5 Å². The second-order valence-corrected chi connectivity index (χ2v) is 5.30. The van der Waals surface area contributed by atoms with Crippen molar-refractivity contribution in [2.45, 2.75) is 19.4 Å². The molecule has 0 aliphatic rings. The van der Waals surface area contributed by atoms with E-state index in [2.05, 4.69) is 10.3 Å². The predicted molar refractivity (Wildman–Crippen MR) is 88.8 cm³/mol. The number of ether oxygens (including phenoxy) is 1. The van der Waals surface area contributed by atoms with Crippen LogP contribution in [0.15, 0.2) is 42.6 Å². The van der Waals surface area contributed by atoms with Gasteiger partial charge in [-0.2, -0.15) is 0 Å². The van der Waals surface area contributed by atoms with Crippen LogP contribution in [0.1, 0.15) is 35.3 Å². The summed E-state index contributed by atoms with van der Waals surface area (Å²) in [6, 6.07) is 10.7. The van der Waals surface area contributed by atoms with E-state index in [1.54, 1.807) is 0 Å². The number of hydrogen-bond acceptors (Lipinski definition) is 4. The highest BCUT2D eigenvalue weighted by molar-refractivity contribution is 6.32. The number of nitrogens with zero attached hydrogens (tertiary/aromatic N) is 1. The summed E-state index contributed by atoms with van der Waals surface area (Å²) in [5.41, 5.74) is 1.28. The van der Waals surface area contributed by atoms with Crippen molar-refractivity contribution in [3.05, 3.63) is 58.7 Å². The highest BCUT2D eigenvalue weighted by Gasteiger charge is 2.17. The molecule has 0 fully saturated rings. The van der Waals surface area contributed by atoms with Gasteiger partial charge in [-0.05, 0) is 25.0 Å². The fourth-order valence-corrected chi connectivity index (χ4v) is 2.39. The Kier molecular flexibility index (Phi) is 6.38. The molecular weight excluding hydrogens is 316 g/mol. The van der Waals surface area contributed by atoms with E-state index in [0.29, 0.717) is 24.5 Å². The van der Waals surface area contributed by atoms with Crippen LogP contribution in [0.3, 0.4) is 0 Å². The van der Waals surface area contributed by atoms with Crippen LogP contribution in [0.4, 0.5) is 0 Å². The molecule has 0 aliphatic heterocycles. The van der Waals surface area contributed by atoms with Crippen molar-refractivity contribution in [1.82, 2.24) is 10.3 Å². The number of hydrogen-bond donors (Lipinski definition) is 2. The fraction of sp³-hybridized carbons (Fsp3) is 0.294. The Labute approximate surface area is 140 Å². The molecule has 1 atom stereocenters. The molecule has 0 spiro atoms. The van der Waals surface area contributed by atoms with E-state index >= 15 is 0 Å². The van der Waals surface area contributed by atoms with Gasteiger partial charge in [0.05, 0.1) is 18.2 Å². The Balaban J connectivity index is 2.14. The third-order valence-corrected chi connectivity index (χ3v) is 3.55. The first-order valence-electron chi connectivity index (χ1n) is 7.40. The second-order valence-electron chi connectivity index (χ2n) is 4.89. The molecule has 1 aromatic carbocycles. The first-order valence-corrected chi connectivity index (χ1v) is 7.78. The fourth-order valence-electron chi connectivity index (χ4n) is 2.17. The average molecular weight is 335 g/mol. The summed E-state index contributed by atoms with van der Waals surface area (Å²) in [4.78, 5) is 16.4. The van der Waals surface area contributed by atoms with Gasteiger partial charge in [0, 0.05) is 12.8 Å². The number of halogens is 1. The first-order chi connectivity index (χ1) is 11.2. The lowest BCUT2D eigenvalue weighted by molar-refractivity contribution is 0.0929. The Morgan fingerprint density at radius 3 is 2.74 bits per heavy atom. The standard InChI is InChI=1S/C17H19ClN2O3/c1-2-23-17-14(18)10-13(11-19-17)16(22)20-15(8-9-21)12-6-4-3-5-7-12/h3-7,10-11,15,21H,2,8-9H2,1H3,(H,20,22). The smallest absolute Gasteiger partial charge is 0.253 e. The highest BCUT2D eigenvalue weighted by Crippen LogP contribution is 2.23. The number of rotatable bonds is 7. The summed E-state index contributed by atoms with van der Waals surface area (Å²) >= 11 is 6.06. The molecule has 1 unspecified atom stereocenters. The van der Waals surface area contributed by atoms with E-state index in [9.17, 15) is 9.90 Å². The summed E-state index contributed by atoms with van der Waals surface area (Å²) < 4.78 is 5.25. The van der Waals surface area contributed by atoms with Gasteiger partial charge < -0.3 is 15.2 Å². The number of aromatic nitrogens is 1.